The van der Waals surface area contributed by atoms with Crippen molar-refractivity contribution in [1.82, 2.24) is 0 Å². The third-order valence-corrected chi connectivity index (χ3v) is 8.90. The molecule has 0 atom stereocenters. The molecule has 0 saturated heterocycles. The number of benzene rings is 3. The van der Waals surface area contributed by atoms with Crippen molar-refractivity contribution in [2.24, 2.45) is 0 Å². The number of rotatable bonds is 2. The van der Waals surface area contributed by atoms with E-state index in [1.807, 2.05) is 0 Å². The van der Waals surface area contributed by atoms with Gasteiger partial charge in [0, 0.05) is 0 Å². The van der Waals surface area contributed by atoms with Crippen molar-refractivity contribution in [2.45, 2.75) is 112 Å². The van der Waals surface area contributed by atoms with Gasteiger partial charge in [0.05, 0.1) is 0 Å². The summed E-state index contributed by atoms with van der Waals surface area (Å²) in [5, 5.41) is 0. The summed E-state index contributed by atoms with van der Waals surface area (Å²) >= 11 is 1.47. The van der Waals surface area contributed by atoms with Gasteiger partial charge in [-0.25, -0.2) is 6.07 Å². The zero-order valence-corrected chi connectivity index (χ0v) is 33.1. The molecule has 0 bridgehead atoms. The van der Waals surface area contributed by atoms with Crippen LogP contribution in [0.5, 0.6) is 0 Å². The van der Waals surface area contributed by atoms with Gasteiger partial charge >= 0.3 is 70.3 Å². The minimum absolute atomic E-state index is 0. The number of hydrogen-bond acceptors (Lipinski definition) is 0. The summed E-state index contributed by atoms with van der Waals surface area (Å²) in [7, 11) is 0. The van der Waals surface area contributed by atoms with E-state index in [0.29, 0.717) is 5.41 Å². The molecule has 4 aromatic rings. The fraction of sp³-hybridized carbons (Fsp3) is 0.415. The molecule has 0 fully saturated rings. The summed E-state index contributed by atoms with van der Waals surface area (Å²) < 4.78 is 2.19. The van der Waals surface area contributed by atoms with Crippen LogP contribution in [-0.4, -0.2) is 3.71 Å². The van der Waals surface area contributed by atoms with Gasteiger partial charge in [-0.3, -0.25) is 0 Å². The minimum atomic E-state index is 0. The fourth-order valence-corrected chi connectivity index (χ4v) is 5.83. The molecule has 0 unspecified atom stereocenters. The largest absolute Gasteiger partial charge is 1.00 e. The van der Waals surface area contributed by atoms with E-state index in [1.54, 1.807) is 0 Å². The third kappa shape index (κ3) is 10.7. The molecule has 0 spiro atoms. The Hall–Kier alpha value is -1.66. The van der Waals surface area contributed by atoms with Crippen LogP contribution in [0.1, 0.15) is 119 Å². The van der Waals surface area contributed by atoms with Gasteiger partial charge in [-0.15, -0.1) is 5.56 Å². The number of halogens is 2. The standard InChI is InChI=1S/C21H25.C12H19.C8H8.2ClH.Zr/c1-20(2,3)16-9-7-14-11-15-8-10-17(21(4,5)6)13-19(15)18(14)12-16;1-6-10-7-9(2)8-11(10)12(3,4)5;1-7-3-5-8(2)6-4-7;;;/h7,9-10,12-13H,11H2,1-6H3;7-8H,6H2,1-5H3;1,3-6H,2H3;2*1H;/q2*-1;;;;+2/p-2. The number of aryl methyl sites for hydroxylation is 3. The van der Waals surface area contributed by atoms with Crippen LogP contribution in [0, 0.1) is 19.9 Å². The van der Waals surface area contributed by atoms with Gasteiger partial charge in [-0.05, 0) is 17.4 Å². The predicted octanol–water partition coefficient (Wildman–Crippen LogP) is 4.93. The van der Waals surface area contributed by atoms with E-state index < -0.39 is 0 Å². The van der Waals surface area contributed by atoms with E-state index in [-0.39, 0.29) is 35.6 Å². The molecule has 1 aliphatic rings. The maximum Gasteiger partial charge on any atom is -1.00 e. The first-order valence-electron chi connectivity index (χ1n) is 15.5. The zero-order chi connectivity index (χ0) is 31.5. The van der Waals surface area contributed by atoms with Crippen LogP contribution in [0.3, 0.4) is 0 Å². The molecule has 3 heteroatoms. The smallest absolute Gasteiger partial charge is 1.00 e. The van der Waals surface area contributed by atoms with Gasteiger partial charge < -0.3 is 24.8 Å². The second kappa shape index (κ2) is 16.3. The average molecular weight is 707 g/mol. The van der Waals surface area contributed by atoms with Gasteiger partial charge in [0.15, 0.2) is 0 Å². The summed E-state index contributed by atoms with van der Waals surface area (Å²) in [4.78, 5) is 0. The SMILES string of the molecule is CC(C)(C)c1c[c-]c2c(c1)-c1cc(C(C)(C)C)ccc1C2.CCc1[cH-]c(C)cc1C(C)(C)C.Cc1ccc([CH]=[Zr+2])cc1.[Cl-].[Cl-]. The molecule has 0 aliphatic heterocycles. The summed E-state index contributed by atoms with van der Waals surface area (Å²) in [6, 6.07) is 28.2. The average Bonchev–Trinajstić information content (AvgIpc) is 3.48. The maximum absolute atomic E-state index is 3.53. The van der Waals surface area contributed by atoms with Crippen LogP contribution in [0.25, 0.3) is 11.1 Å². The van der Waals surface area contributed by atoms with E-state index in [0.717, 1.165) is 12.8 Å². The van der Waals surface area contributed by atoms with Gasteiger partial charge in [0.1, 0.15) is 0 Å². The third-order valence-electron chi connectivity index (χ3n) is 8.08. The molecule has 0 aromatic heterocycles. The van der Waals surface area contributed by atoms with Crippen LogP contribution in [0.4, 0.5) is 0 Å². The van der Waals surface area contributed by atoms with Gasteiger partial charge in [-0.2, -0.15) is 52.1 Å². The Morgan fingerprint density at radius 2 is 1.32 bits per heavy atom. The molecular formula is C41H52Cl2Zr-2. The molecule has 0 nitrogen and oxygen atoms in total. The van der Waals surface area contributed by atoms with Crippen LogP contribution >= 0.6 is 0 Å². The Morgan fingerprint density at radius 1 is 0.750 bits per heavy atom. The van der Waals surface area contributed by atoms with Gasteiger partial charge in [0.25, 0.3) is 0 Å². The molecule has 236 valence electrons. The Labute approximate surface area is 297 Å². The van der Waals surface area contributed by atoms with Crippen molar-refractivity contribution in [3.63, 3.8) is 0 Å². The molecule has 5 rings (SSSR count). The summed E-state index contributed by atoms with van der Waals surface area (Å²) in [5.74, 6) is 0. The molecule has 0 saturated carbocycles. The van der Waals surface area contributed by atoms with E-state index >= 15 is 0 Å². The van der Waals surface area contributed by atoms with Crippen LogP contribution in [0.15, 0.2) is 66.7 Å². The molecule has 0 N–H and O–H groups in total. The Balaban J connectivity index is 0.000000359. The Bertz CT molecular complexity index is 1440. The van der Waals surface area contributed by atoms with E-state index in [9.17, 15) is 0 Å². The van der Waals surface area contributed by atoms with E-state index in [1.165, 1.54) is 85.4 Å². The zero-order valence-electron chi connectivity index (χ0n) is 29.1. The fourth-order valence-electron chi connectivity index (χ4n) is 5.35. The summed E-state index contributed by atoms with van der Waals surface area (Å²) in [6.07, 6.45) is 2.18. The Kier molecular flexibility index (Phi) is 14.9. The molecule has 1 aliphatic carbocycles. The van der Waals surface area contributed by atoms with Crippen LogP contribution in [0.2, 0.25) is 0 Å². The molecule has 44 heavy (non-hydrogen) atoms. The molecular weight excluding hydrogens is 655 g/mol. The first-order chi connectivity index (χ1) is 19.4. The summed E-state index contributed by atoms with van der Waals surface area (Å²) in [5.41, 5.74) is 16.2. The molecule has 0 radical (unpaired) electrons. The minimum Gasteiger partial charge on any atom is -1.00 e. The van der Waals surface area contributed by atoms with Gasteiger partial charge in [-0.1, -0.05) is 123 Å². The second-order valence-electron chi connectivity index (χ2n) is 15.0. The number of hydrogen-bond donors (Lipinski definition) is 0. The molecule has 4 aromatic carbocycles. The molecule has 0 heterocycles. The van der Waals surface area contributed by atoms with Crippen molar-refractivity contribution >= 4 is 3.71 Å². The van der Waals surface area contributed by atoms with Crippen molar-refractivity contribution in [3.8, 4) is 11.1 Å². The first-order valence-corrected chi connectivity index (χ1v) is 16.9. The van der Waals surface area contributed by atoms with E-state index in [2.05, 4.69) is 160 Å². The number of fused-ring (bicyclic) bond motifs is 3. The first kappa shape index (κ1) is 40.4. The second-order valence-corrected chi connectivity index (χ2v) is 15.7. The van der Waals surface area contributed by atoms with Crippen molar-refractivity contribution < 1.29 is 49.0 Å². The van der Waals surface area contributed by atoms with E-state index in [4.69, 9.17) is 0 Å². The monoisotopic (exact) mass is 704 g/mol. The van der Waals surface area contributed by atoms with Crippen LogP contribution < -0.4 is 24.8 Å². The van der Waals surface area contributed by atoms with Gasteiger partial charge in [0.2, 0.25) is 0 Å². The van der Waals surface area contributed by atoms with Crippen molar-refractivity contribution in [1.29, 1.82) is 0 Å². The summed E-state index contributed by atoms with van der Waals surface area (Å²) in [6.45, 7) is 27.0. The molecule has 0 amide bonds. The quantitative estimate of drug-likeness (QED) is 0.229. The normalized spacial score (nSPS) is 11.9. The Morgan fingerprint density at radius 3 is 1.80 bits per heavy atom. The van der Waals surface area contributed by atoms with Crippen LogP contribution in [-0.2, 0) is 53.3 Å². The van der Waals surface area contributed by atoms with Crippen molar-refractivity contribution in [3.05, 3.63) is 123 Å². The maximum atomic E-state index is 3.53. The van der Waals surface area contributed by atoms with Crippen molar-refractivity contribution in [2.75, 3.05) is 0 Å². The predicted molar refractivity (Wildman–Crippen MR) is 182 cm³/mol. The topological polar surface area (TPSA) is 0 Å².